The van der Waals surface area contributed by atoms with Crippen LogP contribution in [-0.2, 0) is 28.6 Å². The van der Waals surface area contributed by atoms with Crippen molar-refractivity contribution in [1.29, 1.82) is 0 Å². The number of hydrogen-bond acceptors (Lipinski definition) is 10. The van der Waals surface area contributed by atoms with E-state index in [-0.39, 0.29) is 6.61 Å². The summed E-state index contributed by atoms with van der Waals surface area (Å²) >= 11 is 0. The zero-order valence-corrected chi connectivity index (χ0v) is 12.3. The van der Waals surface area contributed by atoms with Crippen LogP contribution in [0.2, 0.25) is 0 Å². The molecule has 0 spiro atoms. The van der Waals surface area contributed by atoms with Crippen LogP contribution in [0.3, 0.4) is 0 Å². The number of ether oxygens (including phenoxy) is 3. The molecule has 0 aromatic rings. The van der Waals surface area contributed by atoms with E-state index in [9.17, 15) is 14.4 Å². The Morgan fingerprint density at radius 1 is 1.14 bits per heavy atom. The van der Waals surface area contributed by atoms with Gasteiger partial charge in [0.1, 0.15) is 0 Å². The van der Waals surface area contributed by atoms with Gasteiger partial charge in [-0.25, -0.2) is 9.59 Å². The van der Waals surface area contributed by atoms with Gasteiger partial charge < -0.3 is 25.7 Å². The lowest BCUT2D eigenvalue weighted by atomic mass is 10.1. The van der Waals surface area contributed by atoms with Crippen LogP contribution in [0.25, 0.3) is 0 Å². The Morgan fingerprint density at radius 2 is 1.67 bits per heavy atom. The van der Waals surface area contributed by atoms with Crippen molar-refractivity contribution >= 4 is 17.9 Å². The second-order valence-electron chi connectivity index (χ2n) is 4.57. The molecule has 0 aliphatic rings. The molecule has 0 saturated carbocycles. The van der Waals surface area contributed by atoms with Crippen molar-refractivity contribution in [2.45, 2.75) is 44.8 Å². The fourth-order valence-electron chi connectivity index (χ4n) is 1.41. The highest BCUT2D eigenvalue weighted by Gasteiger charge is 2.41. The van der Waals surface area contributed by atoms with Crippen LogP contribution in [0.4, 0.5) is 0 Å². The predicted molar refractivity (Wildman–Crippen MR) is 70.8 cm³/mol. The van der Waals surface area contributed by atoms with Gasteiger partial charge in [0.05, 0.1) is 13.0 Å². The fraction of sp³-hybridized carbons (Fsp3) is 0.727. The summed E-state index contributed by atoms with van der Waals surface area (Å²) in [5, 5.41) is 0. The second-order valence-corrected chi connectivity index (χ2v) is 4.57. The summed E-state index contributed by atoms with van der Waals surface area (Å²) in [5.41, 5.74) is 19.8. The van der Waals surface area contributed by atoms with Crippen LogP contribution in [0.15, 0.2) is 0 Å². The lowest BCUT2D eigenvalue weighted by Crippen LogP contribution is -2.67. The second kappa shape index (κ2) is 7.31. The van der Waals surface area contributed by atoms with Crippen LogP contribution >= 0.6 is 0 Å². The van der Waals surface area contributed by atoms with Gasteiger partial charge in [-0.2, -0.15) is 0 Å². The third kappa shape index (κ3) is 6.99. The van der Waals surface area contributed by atoms with E-state index < -0.39 is 41.9 Å². The highest BCUT2D eigenvalue weighted by Crippen LogP contribution is 2.13. The first kappa shape index (κ1) is 19.2. The number of carbonyl (C=O) groups excluding carboxylic acids is 3. The Bertz CT molecular complexity index is 410. The quantitative estimate of drug-likeness (QED) is 0.225. The minimum atomic E-state index is -2.15. The van der Waals surface area contributed by atoms with Crippen LogP contribution in [0.5, 0.6) is 0 Å². The van der Waals surface area contributed by atoms with Crippen molar-refractivity contribution in [2.24, 2.45) is 22.9 Å². The molecule has 0 amide bonds. The van der Waals surface area contributed by atoms with Gasteiger partial charge >= 0.3 is 17.9 Å². The third-order valence-electron chi connectivity index (χ3n) is 2.18. The average Bonchev–Trinajstić information content (AvgIpc) is 2.25. The summed E-state index contributed by atoms with van der Waals surface area (Å²) < 4.78 is 14.0. The molecule has 8 N–H and O–H groups in total. The van der Waals surface area contributed by atoms with Gasteiger partial charge in [-0.3, -0.25) is 16.3 Å². The van der Waals surface area contributed by atoms with Gasteiger partial charge in [0, 0.05) is 6.92 Å². The first-order valence-electron chi connectivity index (χ1n) is 6.14. The van der Waals surface area contributed by atoms with Gasteiger partial charge in [-0.05, 0) is 13.8 Å². The number of hydrogen-bond donors (Lipinski definition) is 4. The van der Waals surface area contributed by atoms with E-state index >= 15 is 0 Å². The van der Waals surface area contributed by atoms with Crippen LogP contribution in [0.1, 0.15) is 27.2 Å². The summed E-state index contributed by atoms with van der Waals surface area (Å²) in [4.78, 5) is 34.0. The first-order chi connectivity index (χ1) is 9.41. The smallest absolute Gasteiger partial charge is 0.347 e. The molecule has 10 heteroatoms. The zero-order valence-electron chi connectivity index (χ0n) is 12.3. The maximum absolute atomic E-state index is 11.8. The maximum Gasteiger partial charge on any atom is 0.347 e. The maximum atomic E-state index is 11.8. The topological polar surface area (TPSA) is 183 Å². The Labute approximate surface area is 122 Å². The molecule has 0 bridgehead atoms. The number of rotatable bonds is 7. The molecule has 0 aromatic heterocycles. The van der Waals surface area contributed by atoms with Gasteiger partial charge in [0.2, 0.25) is 5.85 Å². The molecular formula is C11H22N4O6. The molecule has 0 rings (SSSR count). The molecule has 0 aliphatic heterocycles. The zero-order chi connectivity index (χ0) is 16.8. The van der Waals surface area contributed by atoms with E-state index in [1.807, 2.05) is 0 Å². The molecular weight excluding hydrogens is 284 g/mol. The molecule has 122 valence electrons. The molecule has 0 fully saturated rings. The molecule has 21 heavy (non-hydrogen) atoms. The Balaban J connectivity index is 4.72. The van der Waals surface area contributed by atoms with Crippen LogP contribution < -0.4 is 22.9 Å². The van der Waals surface area contributed by atoms with Crippen molar-refractivity contribution in [3.05, 3.63) is 0 Å². The standard InChI is InChI=1S/C11H22N4O6/c1-4-19-8(17)6(2)20-9(18)10(12,13)5-11(14,15)21-7(3)16/h6H,4-5,12-15H2,1-3H3. The van der Waals surface area contributed by atoms with Crippen molar-refractivity contribution in [2.75, 3.05) is 6.61 Å². The van der Waals surface area contributed by atoms with Crippen molar-refractivity contribution < 1.29 is 28.6 Å². The van der Waals surface area contributed by atoms with E-state index in [0.717, 1.165) is 6.92 Å². The lowest BCUT2D eigenvalue weighted by Gasteiger charge is -2.31. The molecule has 1 unspecified atom stereocenters. The summed E-state index contributed by atoms with van der Waals surface area (Å²) in [5.74, 6) is -4.73. The van der Waals surface area contributed by atoms with Gasteiger partial charge in [-0.1, -0.05) is 0 Å². The SMILES string of the molecule is CCOC(=O)C(C)OC(=O)C(N)(N)CC(N)(N)OC(C)=O. The predicted octanol–water partition coefficient (Wildman–Crippen LogP) is -2.38. The van der Waals surface area contributed by atoms with E-state index in [1.54, 1.807) is 6.92 Å². The van der Waals surface area contributed by atoms with Gasteiger partial charge in [0.15, 0.2) is 11.8 Å². The monoisotopic (exact) mass is 306 g/mol. The van der Waals surface area contributed by atoms with Crippen LogP contribution in [0, 0.1) is 0 Å². The van der Waals surface area contributed by atoms with E-state index in [2.05, 4.69) is 9.47 Å². The van der Waals surface area contributed by atoms with E-state index in [4.69, 9.17) is 27.7 Å². The highest BCUT2D eigenvalue weighted by atomic mass is 16.6. The highest BCUT2D eigenvalue weighted by molar-refractivity contribution is 5.84. The van der Waals surface area contributed by atoms with Crippen molar-refractivity contribution in [1.82, 2.24) is 0 Å². The van der Waals surface area contributed by atoms with E-state index in [1.165, 1.54) is 6.92 Å². The third-order valence-corrected chi connectivity index (χ3v) is 2.18. The van der Waals surface area contributed by atoms with Crippen LogP contribution in [-0.4, -0.2) is 42.1 Å². The normalized spacial score (nSPS) is 13.3. The van der Waals surface area contributed by atoms with Crippen molar-refractivity contribution in [3.8, 4) is 0 Å². The first-order valence-corrected chi connectivity index (χ1v) is 6.14. The summed E-state index contributed by atoms with van der Waals surface area (Å²) in [7, 11) is 0. The summed E-state index contributed by atoms with van der Waals surface area (Å²) in [6, 6.07) is 0. The average molecular weight is 306 g/mol. The molecule has 10 nitrogen and oxygen atoms in total. The molecule has 0 radical (unpaired) electrons. The molecule has 0 aliphatic carbocycles. The number of carbonyl (C=O) groups is 3. The van der Waals surface area contributed by atoms with Gasteiger partial charge in [0.25, 0.3) is 0 Å². The minimum Gasteiger partial charge on any atom is -0.463 e. The Morgan fingerprint density at radius 3 is 2.10 bits per heavy atom. The number of esters is 3. The number of nitrogens with two attached hydrogens (primary N) is 4. The van der Waals surface area contributed by atoms with E-state index in [0.29, 0.717) is 0 Å². The summed E-state index contributed by atoms with van der Waals surface area (Å²) in [6.07, 6.45) is -1.82. The Hall–Kier alpha value is -1.75. The lowest BCUT2D eigenvalue weighted by molar-refractivity contribution is -0.173. The Kier molecular flexibility index (Phi) is 6.70. The minimum absolute atomic E-state index is 0.123. The molecule has 0 saturated heterocycles. The summed E-state index contributed by atoms with van der Waals surface area (Å²) in [6.45, 7) is 4.08. The van der Waals surface area contributed by atoms with Gasteiger partial charge in [-0.15, -0.1) is 0 Å². The molecule has 0 heterocycles. The molecule has 0 aromatic carbocycles. The van der Waals surface area contributed by atoms with Crippen molar-refractivity contribution in [3.63, 3.8) is 0 Å². The fourth-order valence-corrected chi connectivity index (χ4v) is 1.41. The largest absolute Gasteiger partial charge is 0.463 e. The molecule has 1 atom stereocenters.